The Morgan fingerprint density at radius 2 is 1.93 bits per heavy atom. The molecule has 1 amide bonds. The molecule has 0 spiro atoms. The molecule has 30 heavy (non-hydrogen) atoms. The van der Waals surface area contributed by atoms with E-state index >= 15 is 0 Å². The predicted octanol–water partition coefficient (Wildman–Crippen LogP) is 3.14. The van der Waals surface area contributed by atoms with Gasteiger partial charge < -0.3 is 19.3 Å². The number of hydrogen-bond acceptors (Lipinski definition) is 6. The largest absolute Gasteiger partial charge is 0.484 e. The van der Waals surface area contributed by atoms with Crippen molar-refractivity contribution in [3.8, 4) is 11.6 Å². The Labute approximate surface area is 176 Å². The number of fused-ring (bicyclic) bond motifs is 1. The van der Waals surface area contributed by atoms with Gasteiger partial charge in [-0.2, -0.15) is 0 Å². The number of anilines is 1. The van der Waals surface area contributed by atoms with Gasteiger partial charge in [-0.3, -0.25) is 4.79 Å². The smallest absolute Gasteiger partial charge is 0.260 e. The minimum Gasteiger partial charge on any atom is -0.484 e. The summed E-state index contributed by atoms with van der Waals surface area (Å²) in [5.74, 6) is 1.83. The topological polar surface area (TPSA) is 67.8 Å². The van der Waals surface area contributed by atoms with Gasteiger partial charge in [0.1, 0.15) is 11.9 Å². The molecular weight excluding hydrogens is 380 g/mol. The van der Waals surface area contributed by atoms with Crippen molar-refractivity contribution in [3.63, 3.8) is 0 Å². The van der Waals surface area contributed by atoms with E-state index in [1.165, 1.54) is 0 Å². The van der Waals surface area contributed by atoms with Crippen molar-refractivity contribution in [1.29, 1.82) is 0 Å². The first-order valence-electron chi connectivity index (χ1n) is 10.1. The van der Waals surface area contributed by atoms with Crippen LogP contribution >= 0.6 is 0 Å². The lowest BCUT2D eigenvalue weighted by Gasteiger charge is -2.33. The number of carbonyl (C=O) groups is 1. The highest BCUT2D eigenvalue weighted by molar-refractivity contribution is 5.84. The number of benzene rings is 2. The molecule has 4 rings (SSSR count). The third-order valence-corrected chi connectivity index (χ3v) is 5.16. The fourth-order valence-corrected chi connectivity index (χ4v) is 3.62. The standard InChI is InChI=1S/C23H26N4O3/c1-26(2)22-23(25-12-11-24-22)30-20-8-5-13-27(15-20)21(28)16-29-19-10-9-17-6-3-4-7-18(17)14-19/h3-4,6-7,9-12,14,20H,5,8,13,15-16H2,1-2H3. The van der Waals surface area contributed by atoms with Gasteiger partial charge in [0.05, 0.1) is 6.54 Å². The number of rotatable bonds is 6. The van der Waals surface area contributed by atoms with E-state index in [4.69, 9.17) is 9.47 Å². The van der Waals surface area contributed by atoms with Crippen molar-refractivity contribution in [3.05, 3.63) is 54.9 Å². The normalized spacial score (nSPS) is 16.3. The number of piperidine rings is 1. The van der Waals surface area contributed by atoms with E-state index < -0.39 is 0 Å². The Hall–Kier alpha value is -3.35. The predicted molar refractivity (Wildman–Crippen MR) is 116 cm³/mol. The van der Waals surface area contributed by atoms with Crippen LogP contribution in [0.4, 0.5) is 5.82 Å². The molecule has 1 aromatic heterocycles. The highest BCUT2D eigenvalue weighted by Gasteiger charge is 2.26. The van der Waals surface area contributed by atoms with Gasteiger partial charge in [0.15, 0.2) is 12.4 Å². The van der Waals surface area contributed by atoms with Gasteiger partial charge in [-0.25, -0.2) is 9.97 Å². The van der Waals surface area contributed by atoms with E-state index in [0.29, 0.717) is 30.5 Å². The molecule has 1 saturated heterocycles. The summed E-state index contributed by atoms with van der Waals surface area (Å²) in [7, 11) is 3.80. The van der Waals surface area contributed by atoms with E-state index in [0.717, 1.165) is 23.6 Å². The van der Waals surface area contributed by atoms with Gasteiger partial charge >= 0.3 is 0 Å². The summed E-state index contributed by atoms with van der Waals surface area (Å²) in [6.07, 6.45) is 4.90. The number of likely N-dealkylation sites (tertiary alicyclic amines) is 1. The Bertz CT molecular complexity index is 1020. The van der Waals surface area contributed by atoms with Crippen molar-refractivity contribution in [2.75, 3.05) is 38.7 Å². The van der Waals surface area contributed by atoms with Crippen molar-refractivity contribution in [2.45, 2.75) is 18.9 Å². The second-order valence-corrected chi connectivity index (χ2v) is 7.60. The van der Waals surface area contributed by atoms with E-state index in [9.17, 15) is 4.79 Å². The van der Waals surface area contributed by atoms with E-state index in [2.05, 4.69) is 16.0 Å². The quantitative estimate of drug-likeness (QED) is 0.627. The molecule has 0 saturated carbocycles. The zero-order valence-corrected chi connectivity index (χ0v) is 17.3. The third-order valence-electron chi connectivity index (χ3n) is 5.16. The molecule has 0 bridgehead atoms. The van der Waals surface area contributed by atoms with Gasteiger partial charge in [-0.15, -0.1) is 0 Å². The van der Waals surface area contributed by atoms with Crippen LogP contribution in [0, 0.1) is 0 Å². The minimum atomic E-state index is -0.112. The van der Waals surface area contributed by atoms with Crippen LogP contribution in [0.5, 0.6) is 11.6 Å². The van der Waals surface area contributed by atoms with E-state index in [1.54, 1.807) is 17.3 Å². The van der Waals surface area contributed by atoms with Crippen molar-refractivity contribution in [1.82, 2.24) is 14.9 Å². The monoisotopic (exact) mass is 406 g/mol. The maximum atomic E-state index is 12.7. The summed E-state index contributed by atoms with van der Waals surface area (Å²) in [6, 6.07) is 13.9. The van der Waals surface area contributed by atoms with Gasteiger partial charge in [-0.1, -0.05) is 30.3 Å². The Kier molecular flexibility index (Phi) is 5.97. The molecule has 1 fully saturated rings. The summed E-state index contributed by atoms with van der Waals surface area (Å²) in [5, 5.41) is 2.24. The summed E-state index contributed by atoms with van der Waals surface area (Å²) in [4.78, 5) is 25.0. The van der Waals surface area contributed by atoms with Crippen LogP contribution in [0.3, 0.4) is 0 Å². The molecule has 0 radical (unpaired) electrons. The Morgan fingerprint density at radius 1 is 1.13 bits per heavy atom. The molecule has 0 N–H and O–H groups in total. The van der Waals surface area contributed by atoms with Crippen LogP contribution in [0.25, 0.3) is 10.8 Å². The van der Waals surface area contributed by atoms with Gasteiger partial charge in [0, 0.05) is 33.0 Å². The average Bonchev–Trinajstić information content (AvgIpc) is 2.77. The molecule has 2 heterocycles. The average molecular weight is 406 g/mol. The molecule has 7 nitrogen and oxygen atoms in total. The highest BCUT2D eigenvalue weighted by atomic mass is 16.5. The number of hydrogen-bond donors (Lipinski definition) is 0. The third kappa shape index (κ3) is 4.62. The molecular formula is C23H26N4O3. The summed E-state index contributed by atoms with van der Waals surface area (Å²) in [6.45, 7) is 1.24. The van der Waals surface area contributed by atoms with Crippen LogP contribution in [0.1, 0.15) is 12.8 Å². The number of aromatic nitrogens is 2. The summed E-state index contributed by atoms with van der Waals surface area (Å²) in [5.41, 5.74) is 0. The zero-order valence-electron chi connectivity index (χ0n) is 17.3. The lowest BCUT2D eigenvalue weighted by atomic mass is 10.1. The Balaban J connectivity index is 1.35. The highest BCUT2D eigenvalue weighted by Crippen LogP contribution is 2.24. The lowest BCUT2D eigenvalue weighted by molar-refractivity contribution is -0.136. The summed E-state index contributed by atoms with van der Waals surface area (Å²) < 4.78 is 11.9. The molecule has 1 unspecified atom stereocenters. The molecule has 2 aromatic carbocycles. The van der Waals surface area contributed by atoms with Crippen LogP contribution in [0.15, 0.2) is 54.9 Å². The van der Waals surface area contributed by atoms with Gasteiger partial charge in [0.25, 0.3) is 11.8 Å². The number of carbonyl (C=O) groups excluding carboxylic acids is 1. The number of ether oxygens (including phenoxy) is 2. The van der Waals surface area contributed by atoms with Crippen LogP contribution in [-0.4, -0.2) is 60.7 Å². The second-order valence-electron chi connectivity index (χ2n) is 7.60. The molecule has 156 valence electrons. The molecule has 1 aliphatic rings. The lowest BCUT2D eigenvalue weighted by Crippen LogP contribution is -2.46. The molecule has 0 aliphatic carbocycles. The molecule has 1 aliphatic heterocycles. The number of amides is 1. The fraction of sp³-hybridized carbons (Fsp3) is 0.348. The molecule has 3 aromatic rings. The van der Waals surface area contributed by atoms with Crippen molar-refractivity contribution >= 4 is 22.5 Å². The van der Waals surface area contributed by atoms with Crippen molar-refractivity contribution < 1.29 is 14.3 Å². The van der Waals surface area contributed by atoms with E-state index in [1.807, 2.05) is 55.4 Å². The fourth-order valence-electron chi connectivity index (χ4n) is 3.62. The minimum absolute atomic E-state index is 0.0130. The van der Waals surface area contributed by atoms with Gasteiger partial charge in [0.2, 0.25) is 0 Å². The zero-order chi connectivity index (χ0) is 20.9. The molecule has 1 atom stereocenters. The second kappa shape index (κ2) is 8.98. The first kappa shape index (κ1) is 19.9. The Morgan fingerprint density at radius 3 is 2.77 bits per heavy atom. The van der Waals surface area contributed by atoms with E-state index in [-0.39, 0.29) is 18.6 Å². The maximum Gasteiger partial charge on any atom is 0.260 e. The molecule has 7 heteroatoms. The van der Waals surface area contributed by atoms with Gasteiger partial charge in [-0.05, 0) is 35.7 Å². The number of nitrogens with zero attached hydrogens (tertiary/aromatic N) is 4. The van der Waals surface area contributed by atoms with Crippen LogP contribution in [-0.2, 0) is 4.79 Å². The van der Waals surface area contributed by atoms with Crippen molar-refractivity contribution in [2.24, 2.45) is 0 Å². The first-order chi connectivity index (χ1) is 14.6. The first-order valence-corrected chi connectivity index (χ1v) is 10.1. The van der Waals surface area contributed by atoms with Crippen LogP contribution < -0.4 is 14.4 Å². The maximum absolute atomic E-state index is 12.7. The van der Waals surface area contributed by atoms with Crippen LogP contribution in [0.2, 0.25) is 0 Å². The SMILES string of the molecule is CN(C)c1nccnc1OC1CCCN(C(=O)COc2ccc3ccccc3c2)C1. The summed E-state index contributed by atoms with van der Waals surface area (Å²) >= 11 is 0.